The van der Waals surface area contributed by atoms with E-state index in [4.69, 9.17) is 17.3 Å². The fraction of sp³-hybridized carbons (Fsp3) is 0.286. The number of thiophene rings is 1. The van der Waals surface area contributed by atoms with E-state index in [1.807, 2.05) is 32.0 Å². The minimum atomic E-state index is 0.521. The van der Waals surface area contributed by atoms with E-state index in [1.165, 1.54) is 15.3 Å². The smallest absolute Gasteiger partial charge is 0.0409 e. The van der Waals surface area contributed by atoms with Gasteiger partial charge in [0.1, 0.15) is 0 Å². The van der Waals surface area contributed by atoms with Gasteiger partial charge in [-0.15, -0.1) is 11.3 Å². The molecule has 17 heavy (non-hydrogen) atoms. The summed E-state index contributed by atoms with van der Waals surface area (Å²) in [4.78, 5) is 2.56. The number of aryl methyl sites for hydroxylation is 1. The molecule has 2 rings (SSSR count). The lowest BCUT2D eigenvalue weighted by Crippen LogP contribution is -1.98. The van der Waals surface area contributed by atoms with Crippen LogP contribution in [0.3, 0.4) is 0 Å². The van der Waals surface area contributed by atoms with Crippen LogP contribution < -0.4 is 5.73 Å². The summed E-state index contributed by atoms with van der Waals surface area (Å²) in [6, 6.07) is 10.1. The lowest BCUT2D eigenvalue weighted by Gasteiger charge is -2.05. The predicted molar refractivity (Wildman–Crippen MR) is 78.7 cm³/mol. The van der Waals surface area contributed by atoms with Crippen molar-refractivity contribution < 1.29 is 0 Å². The van der Waals surface area contributed by atoms with Gasteiger partial charge in [-0.05, 0) is 42.3 Å². The zero-order valence-electron chi connectivity index (χ0n) is 10.5. The molecule has 1 heterocycles. The second-order valence-corrected chi connectivity index (χ2v) is 5.14. The second-order valence-electron chi connectivity index (χ2n) is 3.42. The Labute approximate surface area is 112 Å². The number of rotatable bonds is 2. The monoisotopic (exact) mass is 267 g/mol. The van der Waals surface area contributed by atoms with Crippen molar-refractivity contribution in [3.8, 4) is 10.4 Å². The van der Waals surface area contributed by atoms with Crippen LogP contribution in [-0.2, 0) is 6.54 Å². The van der Waals surface area contributed by atoms with E-state index in [0.717, 1.165) is 10.6 Å². The molecule has 0 spiro atoms. The van der Waals surface area contributed by atoms with Crippen LogP contribution >= 0.6 is 22.9 Å². The molecule has 0 aliphatic carbocycles. The van der Waals surface area contributed by atoms with E-state index >= 15 is 0 Å². The van der Waals surface area contributed by atoms with Gasteiger partial charge in [-0.2, -0.15) is 0 Å². The van der Waals surface area contributed by atoms with E-state index in [-0.39, 0.29) is 0 Å². The Morgan fingerprint density at radius 3 is 2.41 bits per heavy atom. The molecule has 1 aromatic heterocycles. The molecule has 0 radical (unpaired) electrons. The molecule has 0 fully saturated rings. The van der Waals surface area contributed by atoms with Gasteiger partial charge in [-0.1, -0.05) is 31.5 Å². The van der Waals surface area contributed by atoms with E-state index in [1.54, 1.807) is 11.3 Å². The Balaban J connectivity index is 0.000000686. The molecule has 0 saturated carbocycles. The fourth-order valence-electron chi connectivity index (χ4n) is 1.55. The van der Waals surface area contributed by atoms with E-state index in [2.05, 4.69) is 19.1 Å². The highest BCUT2D eigenvalue weighted by Gasteiger charge is 2.06. The molecule has 0 amide bonds. The maximum Gasteiger partial charge on any atom is 0.0409 e. The summed E-state index contributed by atoms with van der Waals surface area (Å²) < 4.78 is 0. The van der Waals surface area contributed by atoms with Crippen molar-refractivity contribution in [1.29, 1.82) is 0 Å². The predicted octanol–water partition coefficient (Wildman–Crippen LogP) is 4.86. The highest BCUT2D eigenvalue weighted by molar-refractivity contribution is 7.15. The molecular weight excluding hydrogens is 250 g/mol. The third-order valence-corrected chi connectivity index (χ3v) is 3.56. The minimum Gasteiger partial charge on any atom is -0.326 e. The number of halogens is 1. The second kappa shape index (κ2) is 6.80. The van der Waals surface area contributed by atoms with Gasteiger partial charge in [0.15, 0.2) is 0 Å². The summed E-state index contributed by atoms with van der Waals surface area (Å²) in [5.74, 6) is 0. The summed E-state index contributed by atoms with van der Waals surface area (Å²) in [6.45, 7) is 6.62. The van der Waals surface area contributed by atoms with Gasteiger partial charge in [0.25, 0.3) is 0 Å². The maximum atomic E-state index is 5.94. The molecule has 0 saturated heterocycles. The van der Waals surface area contributed by atoms with Crippen LogP contribution in [0.15, 0.2) is 30.3 Å². The standard InChI is InChI=1S/C12H12ClNS.C2H6/c1-8-2-5-12(15-8)11-4-3-10(13)6-9(11)7-14;1-2/h2-6H,7,14H2,1H3;1-2H3. The minimum absolute atomic E-state index is 0.521. The van der Waals surface area contributed by atoms with Crippen LogP contribution in [0.5, 0.6) is 0 Å². The molecule has 0 bridgehead atoms. The van der Waals surface area contributed by atoms with Crippen LogP contribution in [-0.4, -0.2) is 0 Å². The zero-order chi connectivity index (χ0) is 12.8. The van der Waals surface area contributed by atoms with Gasteiger partial charge >= 0.3 is 0 Å². The highest BCUT2D eigenvalue weighted by Crippen LogP contribution is 2.31. The number of nitrogens with two attached hydrogens (primary N) is 1. The number of hydrogen-bond acceptors (Lipinski definition) is 2. The molecule has 0 unspecified atom stereocenters. The van der Waals surface area contributed by atoms with Crippen LogP contribution in [0.25, 0.3) is 10.4 Å². The van der Waals surface area contributed by atoms with Gasteiger partial charge in [0.2, 0.25) is 0 Å². The van der Waals surface area contributed by atoms with Crippen molar-refractivity contribution in [3.05, 3.63) is 45.8 Å². The van der Waals surface area contributed by atoms with Crippen molar-refractivity contribution in [2.45, 2.75) is 27.3 Å². The van der Waals surface area contributed by atoms with Crippen molar-refractivity contribution in [1.82, 2.24) is 0 Å². The Kier molecular flexibility index (Phi) is 5.69. The molecule has 2 aromatic rings. The lowest BCUT2D eigenvalue weighted by molar-refractivity contribution is 1.08. The fourth-order valence-corrected chi connectivity index (χ4v) is 2.67. The Morgan fingerprint density at radius 2 is 1.88 bits per heavy atom. The van der Waals surface area contributed by atoms with Crippen LogP contribution in [0.2, 0.25) is 5.02 Å². The first kappa shape index (κ1) is 14.2. The summed E-state index contributed by atoms with van der Waals surface area (Å²) in [7, 11) is 0. The van der Waals surface area contributed by atoms with Crippen LogP contribution in [0.4, 0.5) is 0 Å². The number of benzene rings is 1. The molecule has 0 aliphatic heterocycles. The van der Waals surface area contributed by atoms with Gasteiger partial charge in [0.05, 0.1) is 0 Å². The molecular formula is C14H18ClNS. The third-order valence-electron chi connectivity index (χ3n) is 2.29. The van der Waals surface area contributed by atoms with Crippen molar-refractivity contribution in [2.24, 2.45) is 5.73 Å². The largest absolute Gasteiger partial charge is 0.326 e. The maximum absolute atomic E-state index is 5.94. The molecule has 0 atom stereocenters. The highest BCUT2D eigenvalue weighted by atomic mass is 35.5. The zero-order valence-corrected chi connectivity index (χ0v) is 12.0. The molecule has 2 N–H and O–H groups in total. The summed E-state index contributed by atoms with van der Waals surface area (Å²) in [6.07, 6.45) is 0. The van der Waals surface area contributed by atoms with Crippen molar-refractivity contribution in [2.75, 3.05) is 0 Å². The Hall–Kier alpha value is -0.830. The summed E-state index contributed by atoms with van der Waals surface area (Å²) in [5, 5.41) is 0.743. The average Bonchev–Trinajstić information content (AvgIpc) is 2.78. The normalized spacial score (nSPS) is 9.71. The summed E-state index contributed by atoms with van der Waals surface area (Å²) >= 11 is 7.71. The quantitative estimate of drug-likeness (QED) is 0.826. The van der Waals surface area contributed by atoms with E-state index in [0.29, 0.717) is 6.54 Å². The first-order valence-corrected chi connectivity index (χ1v) is 6.95. The van der Waals surface area contributed by atoms with E-state index < -0.39 is 0 Å². The average molecular weight is 268 g/mol. The Bertz CT molecular complexity index is 477. The van der Waals surface area contributed by atoms with E-state index in [9.17, 15) is 0 Å². The first-order chi connectivity index (χ1) is 8.20. The van der Waals surface area contributed by atoms with Crippen molar-refractivity contribution in [3.63, 3.8) is 0 Å². The topological polar surface area (TPSA) is 26.0 Å². The van der Waals surface area contributed by atoms with Crippen LogP contribution in [0, 0.1) is 6.92 Å². The first-order valence-electron chi connectivity index (χ1n) is 5.76. The molecule has 3 heteroatoms. The van der Waals surface area contributed by atoms with Crippen molar-refractivity contribution >= 4 is 22.9 Å². The van der Waals surface area contributed by atoms with Gasteiger partial charge in [0, 0.05) is 21.3 Å². The van der Waals surface area contributed by atoms with Gasteiger partial charge in [-0.25, -0.2) is 0 Å². The summed E-state index contributed by atoms with van der Waals surface area (Å²) in [5.41, 5.74) is 8.01. The van der Waals surface area contributed by atoms with Crippen LogP contribution in [0.1, 0.15) is 24.3 Å². The lowest BCUT2D eigenvalue weighted by atomic mass is 10.1. The Morgan fingerprint density at radius 1 is 1.18 bits per heavy atom. The molecule has 1 nitrogen and oxygen atoms in total. The molecule has 92 valence electrons. The third kappa shape index (κ3) is 3.56. The molecule has 1 aromatic carbocycles. The van der Waals surface area contributed by atoms with Gasteiger partial charge in [-0.3, -0.25) is 0 Å². The SMILES string of the molecule is CC.Cc1ccc(-c2ccc(Cl)cc2CN)s1. The molecule has 0 aliphatic rings. The van der Waals surface area contributed by atoms with Gasteiger partial charge < -0.3 is 5.73 Å². The number of hydrogen-bond donors (Lipinski definition) is 1.